The Hall–Kier alpha value is -1.16. The van der Waals surface area contributed by atoms with E-state index in [0.29, 0.717) is 36.8 Å². The van der Waals surface area contributed by atoms with Gasteiger partial charge in [0.05, 0.1) is 17.3 Å². The van der Waals surface area contributed by atoms with Crippen molar-refractivity contribution in [3.63, 3.8) is 0 Å². The summed E-state index contributed by atoms with van der Waals surface area (Å²) >= 11 is 0. The smallest absolute Gasteiger partial charge is 0.246 e. The highest BCUT2D eigenvalue weighted by Gasteiger charge is 2.35. The summed E-state index contributed by atoms with van der Waals surface area (Å²) in [6.45, 7) is 6.60. The number of aromatic amines is 1. The van der Waals surface area contributed by atoms with Gasteiger partial charge in [-0.15, -0.1) is 12.4 Å². The summed E-state index contributed by atoms with van der Waals surface area (Å²) in [5.41, 5.74) is 1.01. The highest BCUT2D eigenvalue weighted by Crippen LogP contribution is 2.26. The lowest BCUT2D eigenvalue weighted by molar-refractivity contribution is -0.126. The molecule has 1 aromatic heterocycles. The number of carbonyl (C=O) groups is 1. The average molecular weight is 392 g/mol. The zero-order chi connectivity index (χ0) is 17.3. The molecule has 25 heavy (non-hydrogen) atoms. The molecule has 0 aromatic carbocycles. The van der Waals surface area contributed by atoms with Gasteiger partial charge < -0.3 is 10.6 Å². The van der Waals surface area contributed by atoms with E-state index < -0.39 is 10.0 Å². The highest BCUT2D eigenvalue weighted by atomic mass is 35.5. The van der Waals surface area contributed by atoms with Crippen molar-refractivity contribution < 1.29 is 13.2 Å². The summed E-state index contributed by atoms with van der Waals surface area (Å²) in [4.78, 5) is 12.6. The maximum atomic E-state index is 12.9. The van der Waals surface area contributed by atoms with Crippen LogP contribution in [0.25, 0.3) is 0 Å². The molecule has 0 radical (unpaired) electrons. The van der Waals surface area contributed by atoms with Gasteiger partial charge in [0.25, 0.3) is 0 Å². The van der Waals surface area contributed by atoms with Crippen LogP contribution in [-0.4, -0.2) is 61.6 Å². The molecule has 1 unspecified atom stereocenters. The Bertz CT molecular complexity index is 697. The molecule has 3 N–H and O–H groups in total. The molecular formula is C15H26ClN5O3S. The number of hydrogen-bond donors (Lipinski definition) is 3. The van der Waals surface area contributed by atoms with Gasteiger partial charge in [-0.1, -0.05) is 0 Å². The fourth-order valence-corrected chi connectivity index (χ4v) is 5.16. The van der Waals surface area contributed by atoms with Gasteiger partial charge in [0, 0.05) is 38.6 Å². The number of nitrogens with one attached hydrogen (secondary N) is 3. The van der Waals surface area contributed by atoms with Crippen LogP contribution in [0.1, 0.15) is 24.2 Å². The number of H-pyrrole nitrogens is 1. The lowest BCUT2D eigenvalue weighted by Crippen LogP contribution is -2.50. The predicted octanol–water partition coefficient (Wildman–Crippen LogP) is 0.185. The number of carbonyl (C=O) groups excluding carboxylic acids is 1. The monoisotopic (exact) mass is 391 g/mol. The van der Waals surface area contributed by atoms with Crippen LogP contribution in [0.2, 0.25) is 0 Å². The van der Waals surface area contributed by atoms with Gasteiger partial charge in [0.15, 0.2) is 0 Å². The first kappa shape index (κ1) is 20.2. The van der Waals surface area contributed by atoms with Crippen molar-refractivity contribution in [3.05, 3.63) is 11.4 Å². The third-order valence-electron chi connectivity index (χ3n) is 4.84. The number of amides is 1. The zero-order valence-corrected chi connectivity index (χ0v) is 16.2. The second kappa shape index (κ2) is 8.03. The van der Waals surface area contributed by atoms with Crippen molar-refractivity contribution in [2.75, 3.05) is 32.7 Å². The molecule has 142 valence electrons. The van der Waals surface area contributed by atoms with Gasteiger partial charge >= 0.3 is 0 Å². The number of nitrogens with zero attached hydrogens (tertiary/aromatic N) is 2. The third-order valence-corrected chi connectivity index (χ3v) is 6.97. The van der Waals surface area contributed by atoms with Gasteiger partial charge in [-0.2, -0.15) is 9.40 Å². The Morgan fingerprint density at radius 1 is 1.36 bits per heavy atom. The number of rotatable bonds is 5. The van der Waals surface area contributed by atoms with Crippen molar-refractivity contribution in [2.24, 2.45) is 11.8 Å². The number of sulfonamides is 1. The largest absolute Gasteiger partial charge is 0.355 e. The van der Waals surface area contributed by atoms with E-state index in [2.05, 4.69) is 20.8 Å². The molecule has 1 amide bonds. The van der Waals surface area contributed by atoms with Crippen LogP contribution in [0.3, 0.4) is 0 Å². The summed E-state index contributed by atoms with van der Waals surface area (Å²) < 4.78 is 27.2. The quantitative estimate of drug-likeness (QED) is 0.664. The molecule has 8 nitrogen and oxygen atoms in total. The van der Waals surface area contributed by atoms with Crippen molar-refractivity contribution in [1.29, 1.82) is 0 Å². The van der Waals surface area contributed by atoms with E-state index >= 15 is 0 Å². The van der Waals surface area contributed by atoms with E-state index in [1.165, 1.54) is 4.31 Å². The first-order valence-corrected chi connectivity index (χ1v) is 9.83. The van der Waals surface area contributed by atoms with Gasteiger partial charge in [-0.3, -0.25) is 9.89 Å². The molecular weight excluding hydrogens is 366 g/mol. The SMILES string of the molecule is Cc1n[nH]c(C)c1S(=O)(=O)N1CCCC(C(=O)NCC2CNC2)C1.Cl. The van der Waals surface area contributed by atoms with E-state index in [4.69, 9.17) is 0 Å². The first-order valence-electron chi connectivity index (χ1n) is 8.39. The molecule has 0 aliphatic carbocycles. The highest BCUT2D eigenvalue weighted by molar-refractivity contribution is 7.89. The van der Waals surface area contributed by atoms with E-state index in [1.807, 2.05) is 0 Å². The lowest BCUT2D eigenvalue weighted by Gasteiger charge is -2.32. The van der Waals surface area contributed by atoms with Crippen molar-refractivity contribution in [3.8, 4) is 0 Å². The molecule has 10 heteroatoms. The fraction of sp³-hybridized carbons (Fsp3) is 0.733. The van der Waals surface area contributed by atoms with Crippen LogP contribution in [0, 0.1) is 25.7 Å². The Kier molecular flexibility index (Phi) is 6.47. The normalized spacial score (nSPS) is 22.1. The molecule has 2 aliphatic rings. The Morgan fingerprint density at radius 2 is 2.08 bits per heavy atom. The second-order valence-corrected chi connectivity index (χ2v) is 8.61. The van der Waals surface area contributed by atoms with E-state index in [9.17, 15) is 13.2 Å². The third kappa shape index (κ3) is 4.16. The molecule has 0 bridgehead atoms. The van der Waals surface area contributed by atoms with Crippen molar-refractivity contribution in [1.82, 2.24) is 25.1 Å². The summed E-state index contributed by atoms with van der Waals surface area (Å²) in [5, 5.41) is 12.8. The van der Waals surface area contributed by atoms with Gasteiger partial charge in [0.1, 0.15) is 4.90 Å². The molecule has 0 saturated carbocycles. The minimum absolute atomic E-state index is 0. The maximum Gasteiger partial charge on any atom is 0.246 e. The summed E-state index contributed by atoms with van der Waals surface area (Å²) in [6.07, 6.45) is 1.42. The Morgan fingerprint density at radius 3 is 2.64 bits per heavy atom. The second-order valence-electron chi connectivity index (χ2n) is 6.73. The molecule has 1 atom stereocenters. The molecule has 2 aliphatic heterocycles. The van der Waals surface area contributed by atoms with E-state index in [0.717, 1.165) is 19.5 Å². The summed E-state index contributed by atoms with van der Waals surface area (Å²) in [6, 6.07) is 0. The van der Waals surface area contributed by atoms with Crippen molar-refractivity contribution >= 4 is 28.3 Å². The molecule has 3 heterocycles. The van der Waals surface area contributed by atoms with Crippen molar-refractivity contribution in [2.45, 2.75) is 31.6 Å². The van der Waals surface area contributed by atoms with Gasteiger partial charge in [0.2, 0.25) is 15.9 Å². The lowest BCUT2D eigenvalue weighted by atomic mass is 9.98. The molecule has 0 spiro atoms. The average Bonchev–Trinajstić information content (AvgIpc) is 2.85. The number of aromatic nitrogens is 2. The Labute approximate surface area is 154 Å². The van der Waals surface area contributed by atoms with Gasteiger partial charge in [-0.05, 0) is 26.7 Å². The van der Waals surface area contributed by atoms with Crippen LogP contribution in [-0.2, 0) is 14.8 Å². The maximum absolute atomic E-state index is 12.9. The van der Waals surface area contributed by atoms with E-state index in [1.54, 1.807) is 13.8 Å². The Balaban J connectivity index is 0.00000225. The van der Waals surface area contributed by atoms with Crippen LogP contribution in [0.4, 0.5) is 0 Å². The minimum Gasteiger partial charge on any atom is -0.355 e. The number of aryl methyl sites for hydroxylation is 2. The summed E-state index contributed by atoms with van der Waals surface area (Å²) in [5.74, 6) is 0.171. The minimum atomic E-state index is -3.62. The number of piperidine rings is 1. The fourth-order valence-electron chi connectivity index (χ4n) is 3.31. The first-order chi connectivity index (χ1) is 11.4. The molecule has 2 saturated heterocycles. The predicted molar refractivity (Wildman–Crippen MR) is 96.2 cm³/mol. The molecule has 3 rings (SSSR count). The molecule has 1 aromatic rings. The van der Waals surface area contributed by atoms with Gasteiger partial charge in [-0.25, -0.2) is 8.42 Å². The number of halogens is 1. The molecule has 2 fully saturated rings. The topological polar surface area (TPSA) is 107 Å². The number of hydrogen-bond acceptors (Lipinski definition) is 5. The van der Waals surface area contributed by atoms with Crippen LogP contribution in [0.5, 0.6) is 0 Å². The van der Waals surface area contributed by atoms with Crippen LogP contribution >= 0.6 is 12.4 Å². The van der Waals surface area contributed by atoms with Crippen LogP contribution in [0.15, 0.2) is 4.90 Å². The summed E-state index contributed by atoms with van der Waals surface area (Å²) in [7, 11) is -3.62. The van der Waals surface area contributed by atoms with Crippen LogP contribution < -0.4 is 10.6 Å². The van der Waals surface area contributed by atoms with E-state index in [-0.39, 0.29) is 35.7 Å². The zero-order valence-electron chi connectivity index (χ0n) is 14.5. The standard InChI is InChI=1S/C15H25N5O3S.ClH/c1-10-14(11(2)19-18-10)24(22,23)20-5-3-4-13(9-20)15(21)17-8-12-6-16-7-12;/h12-13,16H,3-9H2,1-2H3,(H,17,21)(H,18,19);1H.